The van der Waals surface area contributed by atoms with Crippen molar-refractivity contribution in [3.8, 4) is 0 Å². The number of nitrogens with one attached hydrogen (secondary N) is 1. The zero-order valence-corrected chi connectivity index (χ0v) is 13.2. The Morgan fingerprint density at radius 2 is 1.25 bits per heavy atom. The summed E-state index contributed by atoms with van der Waals surface area (Å²) in [5.41, 5.74) is 0.967. The number of carboxylic acid groups (broad SMARTS) is 2. The smallest absolute Gasteiger partial charge is 0.336 e. The van der Waals surface area contributed by atoms with Crippen molar-refractivity contribution in [2.75, 3.05) is 31.1 Å². The van der Waals surface area contributed by atoms with Crippen molar-refractivity contribution < 1.29 is 19.8 Å². The highest BCUT2D eigenvalue weighted by molar-refractivity contribution is 6.01. The Hall–Kier alpha value is -2.86. The Bertz CT molecular complexity index is 649. The maximum absolute atomic E-state index is 10.5. The normalized spacial score (nSPS) is 13.6. The number of para-hydroxylation sites is 1. The maximum atomic E-state index is 10.5. The number of anilines is 1. The van der Waals surface area contributed by atoms with E-state index in [0.29, 0.717) is 0 Å². The van der Waals surface area contributed by atoms with Crippen LogP contribution in [-0.2, 0) is 0 Å². The summed E-state index contributed by atoms with van der Waals surface area (Å²) in [6, 6.07) is 16.1. The topological polar surface area (TPSA) is 89.9 Å². The highest BCUT2D eigenvalue weighted by atomic mass is 16.4. The zero-order chi connectivity index (χ0) is 17.4. The number of hydrogen-bond donors (Lipinski definition) is 3. The van der Waals surface area contributed by atoms with Gasteiger partial charge < -0.3 is 20.4 Å². The summed E-state index contributed by atoms with van der Waals surface area (Å²) in [6.45, 7) is 4.47. The lowest BCUT2D eigenvalue weighted by Crippen LogP contribution is -2.43. The summed E-state index contributed by atoms with van der Waals surface area (Å²) in [7, 11) is 0. The monoisotopic (exact) mass is 328 g/mol. The number of carbonyl (C=O) groups is 2. The Kier molecular flexibility index (Phi) is 6.33. The first-order valence-electron chi connectivity index (χ1n) is 7.66. The molecule has 1 saturated heterocycles. The van der Waals surface area contributed by atoms with Crippen molar-refractivity contribution in [1.82, 2.24) is 5.32 Å². The lowest BCUT2D eigenvalue weighted by molar-refractivity contribution is 0.0651. The van der Waals surface area contributed by atoms with E-state index in [-0.39, 0.29) is 11.1 Å². The summed E-state index contributed by atoms with van der Waals surface area (Å²) in [6.07, 6.45) is 0. The van der Waals surface area contributed by atoms with Gasteiger partial charge in [0.1, 0.15) is 0 Å². The van der Waals surface area contributed by atoms with Crippen LogP contribution in [0.15, 0.2) is 54.6 Å². The fourth-order valence-electron chi connectivity index (χ4n) is 2.42. The molecule has 3 rings (SSSR count). The summed E-state index contributed by atoms with van der Waals surface area (Å²) in [5.74, 6) is -2.46. The Balaban J connectivity index is 0.000000174. The minimum Gasteiger partial charge on any atom is -0.478 e. The van der Waals surface area contributed by atoms with Gasteiger partial charge in [0.25, 0.3) is 0 Å². The zero-order valence-electron chi connectivity index (χ0n) is 13.2. The van der Waals surface area contributed by atoms with E-state index in [4.69, 9.17) is 10.2 Å². The van der Waals surface area contributed by atoms with Crippen molar-refractivity contribution in [2.45, 2.75) is 0 Å². The van der Waals surface area contributed by atoms with Gasteiger partial charge in [-0.15, -0.1) is 0 Å². The van der Waals surface area contributed by atoms with Crippen molar-refractivity contribution in [3.63, 3.8) is 0 Å². The molecule has 0 atom stereocenters. The number of piperazine rings is 1. The number of hydrogen-bond acceptors (Lipinski definition) is 4. The van der Waals surface area contributed by atoms with Crippen LogP contribution in [0.4, 0.5) is 5.69 Å². The minimum atomic E-state index is -1.23. The van der Waals surface area contributed by atoms with E-state index in [1.165, 1.54) is 30.0 Å². The van der Waals surface area contributed by atoms with Crippen LogP contribution in [0.1, 0.15) is 20.7 Å². The third kappa shape index (κ3) is 4.82. The first kappa shape index (κ1) is 17.5. The van der Waals surface area contributed by atoms with Crippen LogP contribution in [0, 0.1) is 0 Å². The van der Waals surface area contributed by atoms with Gasteiger partial charge in [-0.3, -0.25) is 0 Å². The molecular weight excluding hydrogens is 308 g/mol. The molecular formula is C18H20N2O4. The predicted octanol–water partition coefficient (Wildman–Crippen LogP) is 2.18. The van der Waals surface area contributed by atoms with Crippen LogP contribution in [0.25, 0.3) is 0 Å². The molecule has 1 heterocycles. The van der Waals surface area contributed by atoms with Gasteiger partial charge in [-0.1, -0.05) is 30.3 Å². The molecule has 2 aromatic rings. The molecule has 0 aliphatic carbocycles. The molecule has 6 heteroatoms. The fourth-order valence-corrected chi connectivity index (χ4v) is 2.42. The standard InChI is InChI=1S/C10H14N2.C8H6O4/c1-2-4-10(5-3-1)12-8-6-11-7-9-12;9-7(10)5-3-1-2-4-6(5)8(11)12/h1-5,11H,6-9H2;1-4H,(H,9,10)(H,11,12). The van der Waals surface area contributed by atoms with Crippen LogP contribution < -0.4 is 10.2 Å². The first-order valence-corrected chi connectivity index (χ1v) is 7.66. The fraction of sp³-hybridized carbons (Fsp3) is 0.222. The van der Waals surface area contributed by atoms with Crippen LogP contribution >= 0.6 is 0 Å². The predicted molar refractivity (Wildman–Crippen MR) is 91.9 cm³/mol. The van der Waals surface area contributed by atoms with Gasteiger partial charge >= 0.3 is 11.9 Å². The van der Waals surface area contributed by atoms with E-state index in [0.717, 1.165) is 26.2 Å². The van der Waals surface area contributed by atoms with E-state index < -0.39 is 11.9 Å². The van der Waals surface area contributed by atoms with Gasteiger partial charge in [-0.2, -0.15) is 0 Å². The molecule has 0 bridgehead atoms. The summed E-state index contributed by atoms with van der Waals surface area (Å²) in [4.78, 5) is 23.3. The van der Waals surface area contributed by atoms with Crippen molar-refractivity contribution in [3.05, 3.63) is 65.7 Å². The van der Waals surface area contributed by atoms with E-state index in [1.807, 2.05) is 0 Å². The molecule has 1 fully saturated rings. The third-order valence-corrected chi connectivity index (χ3v) is 3.63. The Morgan fingerprint density at radius 3 is 1.71 bits per heavy atom. The lowest BCUT2D eigenvalue weighted by atomic mass is 10.1. The number of carboxylic acids is 2. The first-order chi connectivity index (χ1) is 11.6. The summed E-state index contributed by atoms with van der Waals surface area (Å²) < 4.78 is 0. The molecule has 0 amide bonds. The number of aromatic carboxylic acids is 2. The van der Waals surface area contributed by atoms with Crippen molar-refractivity contribution in [1.29, 1.82) is 0 Å². The summed E-state index contributed by atoms with van der Waals surface area (Å²) >= 11 is 0. The Morgan fingerprint density at radius 1 is 0.792 bits per heavy atom. The molecule has 1 aliphatic heterocycles. The molecule has 2 aromatic carbocycles. The molecule has 0 aromatic heterocycles. The molecule has 24 heavy (non-hydrogen) atoms. The van der Waals surface area contributed by atoms with Crippen molar-refractivity contribution in [2.24, 2.45) is 0 Å². The van der Waals surface area contributed by atoms with Crippen LogP contribution in [0.2, 0.25) is 0 Å². The second-order valence-corrected chi connectivity index (χ2v) is 5.23. The molecule has 0 radical (unpaired) electrons. The molecule has 3 N–H and O–H groups in total. The average Bonchev–Trinajstić information content (AvgIpc) is 2.63. The van der Waals surface area contributed by atoms with Gasteiger partial charge in [0, 0.05) is 31.9 Å². The van der Waals surface area contributed by atoms with E-state index in [9.17, 15) is 9.59 Å². The highest BCUT2D eigenvalue weighted by Crippen LogP contribution is 2.12. The summed E-state index contributed by atoms with van der Waals surface area (Å²) in [5, 5.41) is 20.4. The third-order valence-electron chi connectivity index (χ3n) is 3.63. The quantitative estimate of drug-likeness (QED) is 0.800. The van der Waals surface area contributed by atoms with Crippen LogP contribution in [-0.4, -0.2) is 48.3 Å². The molecule has 0 saturated carbocycles. The van der Waals surface area contributed by atoms with Gasteiger partial charge in [0.05, 0.1) is 11.1 Å². The second-order valence-electron chi connectivity index (χ2n) is 5.23. The number of benzene rings is 2. The highest BCUT2D eigenvalue weighted by Gasteiger charge is 2.13. The second kappa shape index (κ2) is 8.69. The van der Waals surface area contributed by atoms with E-state index in [1.54, 1.807) is 0 Å². The molecule has 126 valence electrons. The Labute approximate surface area is 140 Å². The minimum absolute atomic E-state index is 0.190. The molecule has 0 spiro atoms. The largest absolute Gasteiger partial charge is 0.478 e. The van der Waals surface area contributed by atoms with Gasteiger partial charge in [0.2, 0.25) is 0 Å². The lowest BCUT2D eigenvalue weighted by Gasteiger charge is -2.29. The maximum Gasteiger partial charge on any atom is 0.336 e. The molecule has 6 nitrogen and oxygen atoms in total. The number of rotatable bonds is 3. The van der Waals surface area contributed by atoms with Gasteiger partial charge in [-0.25, -0.2) is 9.59 Å². The van der Waals surface area contributed by atoms with Crippen LogP contribution in [0.5, 0.6) is 0 Å². The SMILES string of the molecule is O=C(O)c1ccccc1C(=O)O.c1ccc(N2CCNCC2)cc1. The van der Waals surface area contributed by atoms with Crippen molar-refractivity contribution >= 4 is 17.6 Å². The average molecular weight is 328 g/mol. The van der Waals surface area contributed by atoms with Gasteiger partial charge in [0.15, 0.2) is 0 Å². The molecule has 1 aliphatic rings. The molecule has 0 unspecified atom stereocenters. The number of nitrogens with zero attached hydrogens (tertiary/aromatic N) is 1. The van der Waals surface area contributed by atoms with Gasteiger partial charge in [-0.05, 0) is 24.3 Å². The van der Waals surface area contributed by atoms with E-state index in [2.05, 4.69) is 40.5 Å². The van der Waals surface area contributed by atoms with Crippen LogP contribution in [0.3, 0.4) is 0 Å². The van der Waals surface area contributed by atoms with E-state index >= 15 is 0 Å².